The minimum Gasteiger partial charge on any atom is -0.481 e. The van der Waals surface area contributed by atoms with Gasteiger partial charge in [0.05, 0.1) is 6.42 Å². The molecule has 0 bridgehead atoms. The van der Waals surface area contributed by atoms with Gasteiger partial charge in [0.15, 0.2) is 0 Å². The van der Waals surface area contributed by atoms with Gasteiger partial charge in [-0.05, 0) is 17.2 Å². The van der Waals surface area contributed by atoms with Gasteiger partial charge in [0.1, 0.15) is 5.69 Å². The first-order valence-corrected chi connectivity index (χ1v) is 6.19. The van der Waals surface area contributed by atoms with E-state index in [1.165, 1.54) is 12.1 Å². The summed E-state index contributed by atoms with van der Waals surface area (Å²) in [7, 11) is 0. The molecule has 1 heterocycles. The van der Waals surface area contributed by atoms with Crippen LogP contribution < -0.4 is 10.9 Å². The molecule has 0 radical (unpaired) electrons. The number of rotatable bonds is 5. The van der Waals surface area contributed by atoms with Crippen molar-refractivity contribution in [2.75, 3.05) is 0 Å². The highest BCUT2D eigenvalue weighted by molar-refractivity contribution is 5.91. The molecular weight excluding hydrogens is 274 g/mol. The topological polar surface area (TPSA) is 112 Å². The second kappa shape index (κ2) is 6.47. The van der Waals surface area contributed by atoms with E-state index < -0.39 is 17.4 Å². The maximum absolute atomic E-state index is 11.9. The number of carboxylic acids is 1. The molecule has 0 fully saturated rings. The number of nitrogens with zero attached hydrogens (tertiary/aromatic N) is 1. The van der Waals surface area contributed by atoms with Gasteiger partial charge in [-0.1, -0.05) is 24.3 Å². The molecule has 0 atom stereocenters. The van der Waals surface area contributed by atoms with E-state index in [1.54, 1.807) is 24.3 Å². The van der Waals surface area contributed by atoms with Gasteiger partial charge in [-0.3, -0.25) is 14.4 Å². The number of carbonyl (C=O) groups excluding carboxylic acids is 1. The first-order valence-electron chi connectivity index (χ1n) is 6.19. The van der Waals surface area contributed by atoms with Crippen molar-refractivity contribution in [1.82, 2.24) is 15.5 Å². The fraction of sp³-hybridized carbons (Fsp3) is 0.143. The summed E-state index contributed by atoms with van der Waals surface area (Å²) in [6.07, 6.45) is -0.108. The molecule has 0 saturated heterocycles. The van der Waals surface area contributed by atoms with E-state index in [0.717, 1.165) is 5.56 Å². The van der Waals surface area contributed by atoms with Crippen LogP contribution in [-0.2, 0) is 17.8 Å². The number of aromatic nitrogens is 2. The minimum absolute atomic E-state index is 0.0883. The molecule has 3 N–H and O–H groups in total. The molecule has 2 rings (SSSR count). The third-order valence-electron chi connectivity index (χ3n) is 2.81. The Labute approximate surface area is 119 Å². The first kappa shape index (κ1) is 14.4. The average molecular weight is 287 g/mol. The van der Waals surface area contributed by atoms with Crippen molar-refractivity contribution in [3.63, 3.8) is 0 Å². The van der Waals surface area contributed by atoms with Crippen LogP contribution in [0, 0.1) is 0 Å². The van der Waals surface area contributed by atoms with Crippen molar-refractivity contribution in [3.8, 4) is 0 Å². The molecule has 0 aliphatic carbocycles. The fourth-order valence-electron chi connectivity index (χ4n) is 1.80. The fourth-order valence-corrected chi connectivity index (χ4v) is 1.80. The van der Waals surface area contributed by atoms with E-state index in [-0.39, 0.29) is 18.7 Å². The number of carbonyl (C=O) groups is 2. The van der Waals surface area contributed by atoms with E-state index in [4.69, 9.17) is 5.11 Å². The first-order chi connectivity index (χ1) is 10.1. The van der Waals surface area contributed by atoms with E-state index >= 15 is 0 Å². The van der Waals surface area contributed by atoms with Crippen molar-refractivity contribution in [1.29, 1.82) is 0 Å². The van der Waals surface area contributed by atoms with Crippen molar-refractivity contribution in [2.45, 2.75) is 13.0 Å². The number of H-pyrrole nitrogens is 1. The standard InChI is InChI=1S/C14H13N3O4/c18-12-6-5-11(16-17-12)14(21)15-8-10-4-2-1-3-9(10)7-13(19)20/h1-6H,7-8H2,(H,15,21)(H,17,18)(H,19,20). The largest absolute Gasteiger partial charge is 0.481 e. The van der Waals surface area contributed by atoms with Gasteiger partial charge in [0, 0.05) is 12.6 Å². The second-order valence-electron chi connectivity index (χ2n) is 4.33. The third-order valence-corrected chi connectivity index (χ3v) is 2.81. The van der Waals surface area contributed by atoms with Crippen LogP contribution in [0.5, 0.6) is 0 Å². The highest BCUT2D eigenvalue weighted by Gasteiger charge is 2.10. The van der Waals surface area contributed by atoms with Crippen LogP contribution in [-0.4, -0.2) is 27.2 Å². The Bertz CT molecular complexity index is 704. The number of carboxylic acid groups (broad SMARTS) is 1. The van der Waals surface area contributed by atoms with Crippen LogP contribution in [0.1, 0.15) is 21.6 Å². The van der Waals surface area contributed by atoms with Crippen LogP contribution in [0.15, 0.2) is 41.2 Å². The number of amides is 1. The molecule has 0 aliphatic rings. The van der Waals surface area contributed by atoms with Crippen molar-refractivity contribution in [2.24, 2.45) is 0 Å². The Balaban J connectivity index is 2.06. The quantitative estimate of drug-likeness (QED) is 0.733. The highest BCUT2D eigenvalue weighted by Crippen LogP contribution is 2.09. The summed E-state index contributed by atoms with van der Waals surface area (Å²) < 4.78 is 0. The lowest BCUT2D eigenvalue weighted by Gasteiger charge is -2.08. The molecule has 0 spiro atoms. The molecule has 21 heavy (non-hydrogen) atoms. The van der Waals surface area contributed by atoms with E-state index in [2.05, 4.69) is 15.5 Å². The van der Waals surface area contributed by atoms with E-state index in [1.807, 2.05) is 0 Å². The van der Waals surface area contributed by atoms with Crippen LogP contribution in [0.3, 0.4) is 0 Å². The van der Waals surface area contributed by atoms with Gasteiger partial charge in [-0.25, -0.2) is 5.10 Å². The SMILES string of the molecule is O=C(O)Cc1ccccc1CNC(=O)c1ccc(=O)[nH]n1. The van der Waals surface area contributed by atoms with Gasteiger partial charge >= 0.3 is 5.97 Å². The van der Waals surface area contributed by atoms with Crippen LogP contribution in [0.2, 0.25) is 0 Å². The smallest absolute Gasteiger partial charge is 0.307 e. The van der Waals surface area contributed by atoms with Crippen LogP contribution >= 0.6 is 0 Å². The Morgan fingerprint density at radius 1 is 1.14 bits per heavy atom. The van der Waals surface area contributed by atoms with Gasteiger partial charge in [0.25, 0.3) is 11.5 Å². The molecular formula is C14H13N3O4. The van der Waals surface area contributed by atoms with E-state index in [9.17, 15) is 14.4 Å². The van der Waals surface area contributed by atoms with Crippen LogP contribution in [0.4, 0.5) is 0 Å². The molecule has 0 saturated carbocycles. The van der Waals surface area contributed by atoms with Crippen molar-refractivity contribution >= 4 is 11.9 Å². The van der Waals surface area contributed by atoms with E-state index in [0.29, 0.717) is 5.56 Å². The van der Waals surface area contributed by atoms with Crippen molar-refractivity contribution in [3.05, 3.63) is 63.6 Å². The summed E-state index contributed by atoms with van der Waals surface area (Å²) in [6.45, 7) is 0.184. The lowest BCUT2D eigenvalue weighted by molar-refractivity contribution is -0.136. The summed E-state index contributed by atoms with van der Waals surface area (Å²) in [5.74, 6) is -1.38. The predicted molar refractivity (Wildman–Crippen MR) is 73.8 cm³/mol. The zero-order valence-corrected chi connectivity index (χ0v) is 11.0. The van der Waals surface area contributed by atoms with Gasteiger partial charge in [-0.2, -0.15) is 5.10 Å². The van der Waals surface area contributed by atoms with Gasteiger partial charge in [-0.15, -0.1) is 0 Å². The Morgan fingerprint density at radius 3 is 2.48 bits per heavy atom. The molecule has 108 valence electrons. The number of benzene rings is 1. The summed E-state index contributed by atoms with van der Waals surface area (Å²) in [4.78, 5) is 33.5. The van der Waals surface area contributed by atoms with Gasteiger partial charge in [0.2, 0.25) is 0 Å². The molecule has 0 unspecified atom stereocenters. The Kier molecular flexibility index (Phi) is 4.45. The molecule has 2 aromatic rings. The predicted octanol–water partition coefficient (Wildman–Crippen LogP) is 0.327. The number of hydrogen-bond acceptors (Lipinski definition) is 4. The molecule has 1 aromatic carbocycles. The third kappa shape index (κ3) is 4.00. The average Bonchev–Trinajstić information content (AvgIpc) is 2.46. The summed E-state index contributed by atoms with van der Waals surface area (Å²) in [5.41, 5.74) is 1.06. The normalized spacial score (nSPS) is 10.1. The monoisotopic (exact) mass is 287 g/mol. The number of aliphatic carboxylic acids is 1. The summed E-state index contributed by atoms with van der Waals surface area (Å²) in [5, 5.41) is 17.3. The Morgan fingerprint density at radius 2 is 1.86 bits per heavy atom. The maximum Gasteiger partial charge on any atom is 0.307 e. The lowest BCUT2D eigenvalue weighted by atomic mass is 10.0. The zero-order valence-electron chi connectivity index (χ0n) is 11.0. The number of hydrogen-bond donors (Lipinski definition) is 3. The second-order valence-corrected chi connectivity index (χ2v) is 4.33. The zero-order chi connectivity index (χ0) is 15.2. The molecule has 0 aliphatic heterocycles. The van der Waals surface area contributed by atoms with Gasteiger partial charge < -0.3 is 10.4 Å². The summed E-state index contributed by atoms with van der Waals surface area (Å²) >= 11 is 0. The maximum atomic E-state index is 11.9. The highest BCUT2D eigenvalue weighted by atomic mass is 16.4. The number of aromatic amines is 1. The molecule has 1 amide bonds. The molecule has 7 heteroatoms. The lowest BCUT2D eigenvalue weighted by Crippen LogP contribution is -2.26. The molecule has 7 nitrogen and oxygen atoms in total. The van der Waals surface area contributed by atoms with Crippen molar-refractivity contribution < 1.29 is 14.7 Å². The number of nitrogens with one attached hydrogen (secondary N) is 2. The van der Waals surface area contributed by atoms with Crippen LogP contribution in [0.25, 0.3) is 0 Å². The molecule has 1 aromatic heterocycles. The Hall–Kier alpha value is -2.96. The summed E-state index contributed by atoms with van der Waals surface area (Å²) in [6, 6.07) is 9.49. The minimum atomic E-state index is -0.934.